The Kier molecular flexibility index (Phi) is 6.09. The van der Waals surface area contributed by atoms with E-state index in [0.29, 0.717) is 11.8 Å². The summed E-state index contributed by atoms with van der Waals surface area (Å²) in [4.78, 5) is 13.6. The predicted octanol–water partition coefficient (Wildman–Crippen LogP) is 3.03. The van der Waals surface area contributed by atoms with Gasteiger partial charge in [0.15, 0.2) is 0 Å². The van der Waals surface area contributed by atoms with Crippen molar-refractivity contribution in [1.82, 2.24) is 10.2 Å². The highest BCUT2D eigenvalue weighted by Crippen LogP contribution is 2.16. The van der Waals surface area contributed by atoms with Crippen molar-refractivity contribution in [2.45, 2.75) is 39.5 Å². The van der Waals surface area contributed by atoms with E-state index >= 15 is 0 Å². The van der Waals surface area contributed by atoms with Crippen LogP contribution in [0.2, 0.25) is 0 Å². The maximum absolute atomic E-state index is 11.8. The molecule has 0 aliphatic heterocycles. The summed E-state index contributed by atoms with van der Waals surface area (Å²) < 4.78 is 0. The first-order valence-electron chi connectivity index (χ1n) is 6.73. The molecule has 1 aliphatic rings. The standard InChI is InChI=1S/C14H26N2O/c1-12(2)9-10-16(3)14(17)15-11-13-7-5-4-6-8-13/h4-5,12-13H,6-11H2,1-3H3,(H,15,17). The molecule has 0 aromatic rings. The second-order valence-corrected chi connectivity index (χ2v) is 5.44. The number of hydrogen-bond acceptors (Lipinski definition) is 1. The first kappa shape index (κ1) is 14.1. The van der Waals surface area contributed by atoms with Gasteiger partial charge in [-0.2, -0.15) is 0 Å². The number of nitrogens with one attached hydrogen (secondary N) is 1. The van der Waals surface area contributed by atoms with E-state index in [-0.39, 0.29) is 6.03 Å². The van der Waals surface area contributed by atoms with Crippen molar-refractivity contribution in [2.75, 3.05) is 20.1 Å². The third-order valence-electron chi connectivity index (χ3n) is 3.31. The van der Waals surface area contributed by atoms with Gasteiger partial charge in [-0.3, -0.25) is 0 Å². The van der Waals surface area contributed by atoms with E-state index in [1.165, 1.54) is 6.42 Å². The molecule has 0 spiro atoms. The minimum Gasteiger partial charge on any atom is -0.338 e. The van der Waals surface area contributed by atoms with E-state index < -0.39 is 0 Å². The van der Waals surface area contributed by atoms with Crippen molar-refractivity contribution in [2.24, 2.45) is 11.8 Å². The number of amides is 2. The van der Waals surface area contributed by atoms with Crippen molar-refractivity contribution < 1.29 is 4.79 Å². The largest absolute Gasteiger partial charge is 0.338 e. The van der Waals surface area contributed by atoms with Crippen molar-refractivity contribution in [1.29, 1.82) is 0 Å². The van der Waals surface area contributed by atoms with Gasteiger partial charge < -0.3 is 10.2 Å². The Morgan fingerprint density at radius 3 is 2.82 bits per heavy atom. The zero-order chi connectivity index (χ0) is 12.7. The fraction of sp³-hybridized carbons (Fsp3) is 0.786. The SMILES string of the molecule is CC(C)CCN(C)C(=O)NCC1CC=CCC1. The predicted molar refractivity (Wildman–Crippen MR) is 72.0 cm³/mol. The Balaban J connectivity index is 2.17. The first-order valence-corrected chi connectivity index (χ1v) is 6.73. The molecule has 0 aromatic heterocycles. The first-order chi connectivity index (χ1) is 8.09. The van der Waals surface area contributed by atoms with Crippen LogP contribution in [-0.4, -0.2) is 31.1 Å². The number of rotatable bonds is 5. The molecule has 0 aromatic carbocycles. The maximum Gasteiger partial charge on any atom is 0.317 e. The minimum atomic E-state index is 0.0696. The van der Waals surface area contributed by atoms with Gasteiger partial charge in [-0.05, 0) is 37.5 Å². The quantitative estimate of drug-likeness (QED) is 0.734. The lowest BCUT2D eigenvalue weighted by molar-refractivity contribution is 0.204. The van der Waals surface area contributed by atoms with Crippen LogP contribution in [-0.2, 0) is 0 Å². The van der Waals surface area contributed by atoms with E-state index in [0.717, 1.165) is 32.4 Å². The van der Waals surface area contributed by atoms with Gasteiger partial charge in [0.05, 0.1) is 0 Å². The fourth-order valence-corrected chi connectivity index (χ4v) is 1.96. The molecular weight excluding hydrogens is 212 g/mol. The lowest BCUT2D eigenvalue weighted by Crippen LogP contribution is -2.40. The van der Waals surface area contributed by atoms with Gasteiger partial charge in [0.1, 0.15) is 0 Å². The van der Waals surface area contributed by atoms with Crippen LogP contribution < -0.4 is 5.32 Å². The molecule has 1 rings (SSSR count). The maximum atomic E-state index is 11.8. The summed E-state index contributed by atoms with van der Waals surface area (Å²) in [5, 5.41) is 3.03. The van der Waals surface area contributed by atoms with Gasteiger partial charge in [-0.1, -0.05) is 26.0 Å². The monoisotopic (exact) mass is 238 g/mol. The summed E-state index contributed by atoms with van der Waals surface area (Å²) in [6.45, 7) is 6.02. The molecule has 0 heterocycles. The number of allylic oxidation sites excluding steroid dienone is 2. The zero-order valence-corrected chi connectivity index (χ0v) is 11.4. The van der Waals surface area contributed by atoms with Crippen LogP contribution in [0, 0.1) is 11.8 Å². The smallest absolute Gasteiger partial charge is 0.317 e. The highest BCUT2D eigenvalue weighted by Gasteiger charge is 2.13. The molecule has 0 saturated carbocycles. The Bertz CT molecular complexity index is 261. The topological polar surface area (TPSA) is 32.3 Å². The molecular formula is C14H26N2O. The highest BCUT2D eigenvalue weighted by molar-refractivity contribution is 5.73. The molecule has 0 saturated heterocycles. The summed E-state index contributed by atoms with van der Waals surface area (Å²) in [5.74, 6) is 1.27. The highest BCUT2D eigenvalue weighted by atomic mass is 16.2. The van der Waals surface area contributed by atoms with Gasteiger partial charge in [-0.25, -0.2) is 4.79 Å². The van der Waals surface area contributed by atoms with E-state index in [9.17, 15) is 4.79 Å². The Hall–Kier alpha value is -0.990. The Morgan fingerprint density at radius 1 is 1.47 bits per heavy atom. The van der Waals surface area contributed by atoms with E-state index in [4.69, 9.17) is 0 Å². The van der Waals surface area contributed by atoms with E-state index in [1.54, 1.807) is 4.90 Å². The van der Waals surface area contributed by atoms with Crippen molar-refractivity contribution >= 4 is 6.03 Å². The van der Waals surface area contributed by atoms with Crippen LogP contribution in [0.3, 0.4) is 0 Å². The minimum absolute atomic E-state index is 0.0696. The van der Waals surface area contributed by atoms with Crippen LogP contribution in [0.4, 0.5) is 4.79 Å². The summed E-state index contributed by atoms with van der Waals surface area (Å²) >= 11 is 0. The third kappa shape index (κ3) is 5.76. The van der Waals surface area contributed by atoms with Gasteiger partial charge in [0.25, 0.3) is 0 Å². The third-order valence-corrected chi connectivity index (χ3v) is 3.31. The van der Waals surface area contributed by atoms with Crippen LogP contribution >= 0.6 is 0 Å². The summed E-state index contributed by atoms with van der Waals surface area (Å²) in [6.07, 6.45) is 8.98. The molecule has 1 atom stereocenters. The number of carbonyl (C=O) groups is 1. The van der Waals surface area contributed by atoms with Crippen molar-refractivity contribution in [3.8, 4) is 0 Å². The van der Waals surface area contributed by atoms with Crippen LogP contribution in [0.1, 0.15) is 39.5 Å². The number of urea groups is 1. The second-order valence-electron chi connectivity index (χ2n) is 5.44. The number of hydrogen-bond donors (Lipinski definition) is 1. The summed E-state index contributed by atoms with van der Waals surface area (Å²) in [5.41, 5.74) is 0. The lowest BCUT2D eigenvalue weighted by Gasteiger charge is -2.22. The van der Waals surface area contributed by atoms with Gasteiger partial charge in [0, 0.05) is 20.1 Å². The zero-order valence-electron chi connectivity index (χ0n) is 11.4. The molecule has 0 bridgehead atoms. The molecule has 1 unspecified atom stereocenters. The molecule has 1 aliphatic carbocycles. The van der Waals surface area contributed by atoms with Crippen LogP contribution in [0.5, 0.6) is 0 Å². The van der Waals surface area contributed by atoms with Gasteiger partial charge in [-0.15, -0.1) is 0 Å². The van der Waals surface area contributed by atoms with E-state index in [1.807, 2.05) is 7.05 Å². The Morgan fingerprint density at radius 2 is 2.24 bits per heavy atom. The molecule has 3 heteroatoms. The Labute approximate surface area is 105 Å². The average Bonchev–Trinajstić information content (AvgIpc) is 2.34. The van der Waals surface area contributed by atoms with Crippen molar-refractivity contribution in [3.63, 3.8) is 0 Å². The summed E-state index contributed by atoms with van der Waals surface area (Å²) in [6, 6.07) is 0.0696. The number of nitrogens with zero attached hydrogens (tertiary/aromatic N) is 1. The van der Waals surface area contributed by atoms with Gasteiger partial charge >= 0.3 is 6.03 Å². The normalized spacial score (nSPS) is 19.4. The second kappa shape index (κ2) is 7.36. The molecule has 0 radical (unpaired) electrons. The fourth-order valence-electron chi connectivity index (χ4n) is 1.96. The molecule has 1 N–H and O–H groups in total. The average molecular weight is 238 g/mol. The van der Waals surface area contributed by atoms with Crippen molar-refractivity contribution in [3.05, 3.63) is 12.2 Å². The van der Waals surface area contributed by atoms with E-state index in [2.05, 4.69) is 31.3 Å². The lowest BCUT2D eigenvalue weighted by atomic mass is 9.94. The van der Waals surface area contributed by atoms with Crippen LogP contribution in [0.25, 0.3) is 0 Å². The molecule has 98 valence electrons. The summed E-state index contributed by atoms with van der Waals surface area (Å²) in [7, 11) is 1.87. The molecule has 0 fully saturated rings. The number of carbonyl (C=O) groups excluding carboxylic acids is 1. The molecule has 2 amide bonds. The van der Waals surface area contributed by atoms with Gasteiger partial charge in [0.2, 0.25) is 0 Å². The molecule has 3 nitrogen and oxygen atoms in total. The van der Waals surface area contributed by atoms with Crippen LogP contribution in [0.15, 0.2) is 12.2 Å². The molecule has 17 heavy (non-hydrogen) atoms.